The van der Waals surface area contributed by atoms with Crippen molar-refractivity contribution in [3.8, 4) is 28.1 Å². The third-order valence-corrected chi connectivity index (χ3v) is 14.6. The van der Waals surface area contributed by atoms with Gasteiger partial charge in [0.15, 0.2) is 0 Å². The molecule has 4 aliphatic rings. The van der Waals surface area contributed by atoms with Gasteiger partial charge in [-0.3, -0.25) is 34.0 Å². The first-order valence-electron chi connectivity index (χ1n) is 24.8. The number of likely N-dealkylation sites (N-methyl/N-ethyl adjacent to an activating group) is 1. The molecular formula is C53H82N8O8S6. The number of phenols is 1. The second-order valence-electron chi connectivity index (χ2n) is 20.6. The van der Waals surface area contributed by atoms with E-state index < -0.39 is 47.2 Å². The maximum absolute atomic E-state index is 14.8. The first kappa shape index (κ1) is 67.4. The highest BCUT2D eigenvalue weighted by molar-refractivity contribution is 7.60. The molecule has 4 aromatic rings. The summed E-state index contributed by atoms with van der Waals surface area (Å²) in [5.41, 5.74) is 9.58. The van der Waals surface area contributed by atoms with Crippen LogP contribution in [0.2, 0.25) is 0 Å². The SMILES string of the molecule is CCn1c(-c2cccnc2[C@H](C)OC)c2c3cc(ccc31)-c1cc(O)cc(c1)C[C@H](NC(=O)[C@H](C(C)C)N(C)C(=O)[C@H]1CCN(C(=O)[C@@H]3CCCN3)C1)C(=O)N1CCC[C@H](N1)C(=O)OCC(C)(C)C2.S.S.S.S.S.S. The molecule has 4 amide bonds. The number of phenolic OH excluding ortho intramolecular Hbond substituents is 1. The van der Waals surface area contributed by atoms with Crippen LogP contribution in [-0.2, 0) is 52.8 Å². The number of nitrogens with one attached hydrogen (secondary N) is 3. The summed E-state index contributed by atoms with van der Waals surface area (Å²) in [7, 11) is 3.29. The fourth-order valence-corrected chi connectivity index (χ4v) is 11.0. The number of rotatable bonds is 10. The van der Waals surface area contributed by atoms with Gasteiger partial charge in [0.2, 0.25) is 17.7 Å². The number of pyridine rings is 1. The molecule has 75 heavy (non-hydrogen) atoms. The second-order valence-corrected chi connectivity index (χ2v) is 20.6. The number of hydrazine groups is 1. The monoisotopic (exact) mass is 1150 g/mol. The Morgan fingerprint density at radius 3 is 2.36 bits per heavy atom. The van der Waals surface area contributed by atoms with Crippen molar-refractivity contribution in [2.75, 3.05) is 46.9 Å². The third kappa shape index (κ3) is 14.7. The molecule has 6 atom stereocenters. The van der Waals surface area contributed by atoms with Crippen LogP contribution in [0.25, 0.3) is 33.3 Å². The maximum Gasteiger partial charge on any atom is 0.324 e. The van der Waals surface area contributed by atoms with Crippen molar-refractivity contribution < 1.29 is 38.6 Å². The molecule has 3 saturated heterocycles. The highest BCUT2D eigenvalue weighted by Crippen LogP contribution is 2.42. The highest BCUT2D eigenvalue weighted by Gasteiger charge is 2.41. The van der Waals surface area contributed by atoms with Gasteiger partial charge in [-0.1, -0.05) is 39.8 Å². The number of fused-ring (bicyclic) bond motifs is 6. The highest BCUT2D eigenvalue weighted by atomic mass is 32.1. The van der Waals surface area contributed by atoms with Gasteiger partial charge in [-0.05, 0) is 123 Å². The fraction of sp³-hybridized carbons (Fsp3) is 0.547. The Balaban J connectivity index is 0.00000321. The van der Waals surface area contributed by atoms with Crippen molar-refractivity contribution in [2.45, 2.75) is 123 Å². The Labute approximate surface area is 484 Å². The normalized spacial score (nSPS) is 21.0. The van der Waals surface area contributed by atoms with Crippen LogP contribution in [0.3, 0.4) is 0 Å². The molecule has 8 rings (SSSR count). The number of cyclic esters (lactones) is 1. The molecule has 0 aliphatic carbocycles. The minimum Gasteiger partial charge on any atom is -0.508 e. The van der Waals surface area contributed by atoms with Gasteiger partial charge in [0.05, 0.1) is 36.1 Å². The number of hydrogen-bond acceptors (Lipinski definition) is 11. The van der Waals surface area contributed by atoms with Crippen molar-refractivity contribution in [1.29, 1.82) is 0 Å². The van der Waals surface area contributed by atoms with Gasteiger partial charge in [-0.25, -0.2) is 5.43 Å². The molecule has 6 heterocycles. The molecule has 22 heteroatoms. The van der Waals surface area contributed by atoms with Crippen molar-refractivity contribution in [3.63, 3.8) is 0 Å². The summed E-state index contributed by atoms with van der Waals surface area (Å²) >= 11 is 0. The summed E-state index contributed by atoms with van der Waals surface area (Å²) in [6, 6.07) is 12.4. The number of benzene rings is 2. The van der Waals surface area contributed by atoms with Crippen LogP contribution in [-0.4, -0.2) is 130 Å². The number of aryl methyl sites for hydroxylation is 1. The largest absolute Gasteiger partial charge is 0.508 e. The Morgan fingerprint density at radius 2 is 1.69 bits per heavy atom. The quantitative estimate of drug-likeness (QED) is 0.132. The van der Waals surface area contributed by atoms with E-state index in [9.17, 15) is 29.1 Å². The van der Waals surface area contributed by atoms with Crippen molar-refractivity contribution >= 4 is 121 Å². The Hall–Kier alpha value is -3.74. The zero-order valence-electron chi connectivity index (χ0n) is 44.5. The lowest BCUT2D eigenvalue weighted by atomic mass is 9.84. The topological polar surface area (TPSA) is 188 Å². The Kier molecular flexibility index (Phi) is 25.8. The lowest BCUT2D eigenvalue weighted by Crippen LogP contribution is -2.62. The molecular weight excluding hydrogens is 1070 g/mol. The summed E-state index contributed by atoms with van der Waals surface area (Å²) in [6.07, 6.45) is 5.20. The van der Waals surface area contributed by atoms with Crippen molar-refractivity contribution in [2.24, 2.45) is 17.3 Å². The molecule has 16 nitrogen and oxygen atoms in total. The summed E-state index contributed by atoms with van der Waals surface area (Å²) in [5.74, 6) is -2.49. The number of nitrogens with zero attached hydrogens (tertiary/aromatic N) is 5. The van der Waals surface area contributed by atoms with Gasteiger partial charge in [-0.15, -0.1) is 0 Å². The van der Waals surface area contributed by atoms with E-state index in [1.165, 1.54) is 9.91 Å². The van der Waals surface area contributed by atoms with Crippen LogP contribution in [0.1, 0.15) is 96.6 Å². The first-order chi connectivity index (χ1) is 33.0. The van der Waals surface area contributed by atoms with E-state index in [4.69, 9.17) is 14.5 Å². The van der Waals surface area contributed by atoms with Gasteiger partial charge in [0.1, 0.15) is 23.9 Å². The van der Waals surface area contributed by atoms with Crippen LogP contribution < -0.4 is 16.1 Å². The number of methoxy groups -OCH3 is 1. The zero-order valence-corrected chi connectivity index (χ0v) is 50.5. The molecule has 418 valence electrons. The molecule has 2 aromatic heterocycles. The lowest BCUT2D eigenvalue weighted by molar-refractivity contribution is -0.155. The van der Waals surface area contributed by atoms with Crippen molar-refractivity contribution in [1.82, 2.24) is 40.4 Å². The number of esters is 1. The molecule has 4 N–H and O–H groups in total. The van der Waals surface area contributed by atoms with Crippen molar-refractivity contribution in [3.05, 3.63) is 71.5 Å². The van der Waals surface area contributed by atoms with E-state index in [-0.39, 0.29) is 143 Å². The standard InChI is InChI=1S/C53H70N8O8.6H2S/c1-9-60-44-17-16-34-27-39(44)40(47(60)38-13-10-20-55-45(38)32(4)68-8)28-53(5,6)30-69-52(67)42-15-12-21-61(57-42)51(66)43(25-33-23-36(34)26-37(62)24-33)56-48(63)46(31(2)3)58(7)49(64)35-18-22-59(29-35)50(65)41-14-11-19-54-41;;;;;;/h10,13,16-17,20,23-24,26-27,31-32,35,41-43,46,54,57,62H,9,11-12,14-15,18-19,21-22,25,28-30H2,1-8H3,(H,56,63);6*1H2/t32-,35-,41-,42-,43-,46-;;;;;;/m0....../s1. The van der Waals surface area contributed by atoms with Crippen LogP contribution in [0.4, 0.5) is 0 Å². The van der Waals surface area contributed by atoms with Crippen LogP contribution in [0, 0.1) is 17.3 Å². The summed E-state index contributed by atoms with van der Waals surface area (Å²) in [6.45, 7) is 14.6. The number of ether oxygens (including phenoxy) is 2. The van der Waals surface area contributed by atoms with Gasteiger partial charge in [-0.2, -0.15) is 81.0 Å². The average Bonchev–Trinajstić information content (AvgIpc) is 4.12. The molecule has 3 fully saturated rings. The number of hydrogen-bond donors (Lipinski definition) is 4. The number of carbonyl (C=O) groups is 5. The van der Waals surface area contributed by atoms with Gasteiger partial charge >= 0.3 is 5.97 Å². The maximum atomic E-state index is 14.8. The van der Waals surface area contributed by atoms with E-state index in [2.05, 4.69) is 59.6 Å². The second kappa shape index (κ2) is 28.8. The smallest absolute Gasteiger partial charge is 0.324 e. The molecule has 0 spiro atoms. The summed E-state index contributed by atoms with van der Waals surface area (Å²) < 4.78 is 14.2. The van der Waals surface area contributed by atoms with E-state index in [0.29, 0.717) is 44.3 Å². The van der Waals surface area contributed by atoms with E-state index in [1.54, 1.807) is 37.4 Å². The lowest BCUT2D eigenvalue weighted by Gasteiger charge is -2.37. The van der Waals surface area contributed by atoms with E-state index in [1.807, 2.05) is 39.0 Å². The summed E-state index contributed by atoms with van der Waals surface area (Å²) in [4.78, 5) is 78.8. The molecule has 0 radical (unpaired) electrons. The minimum atomic E-state index is -1.16. The molecule has 4 aliphatic heterocycles. The number of aromatic hydroxyl groups is 1. The number of likely N-dealkylation sites (tertiary alicyclic amines) is 1. The number of aromatic nitrogens is 2. The zero-order chi connectivity index (χ0) is 49.3. The molecule has 2 aromatic carbocycles. The predicted molar refractivity (Wildman–Crippen MR) is 325 cm³/mol. The minimum absolute atomic E-state index is 0. The Bertz CT molecular complexity index is 2610. The van der Waals surface area contributed by atoms with E-state index >= 15 is 0 Å². The first-order valence-corrected chi connectivity index (χ1v) is 24.8. The Morgan fingerprint density at radius 1 is 0.960 bits per heavy atom. The van der Waals surface area contributed by atoms with Crippen LogP contribution >= 0.6 is 81.0 Å². The summed E-state index contributed by atoms with van der Waals surface area (Å²) in [5, 5.41) is 20.1. The van der Waals surface area contributed by atoms with Crippen LogP contribution in [0.5, 0.6) is 5.75 Å². The fourth-order valence-electron chi connectivity index (χ4n) is 11.0. The third-order valence-electron chi connectivity index (χ3n) is 14.6. The molecule has 6 bridgehead atoms. The number of carbonyl (C=O) groups excluding carboxylic acids is 5. The van der Waals surface area contributed by atoms with E-state index in [0.717, 1.165) is 63.9 Å². The van der Waals surface area contributed by atoms with Gasteiger partial charge in [0, 0.05) is 74.8 Å². The van der Waals surface area contributed by atoms with Crippen LogP contribution in [0.15, 0.2) is 54.7 Å². The molecule has 0 saturated carbocycles. The predicted octanol–water partition coefficient (Wildman–Crippen LogP) is 6.21. The number of amides is 4. The van der Waals surface area contributed by atoms with Gasteiger partial charge in [0.25, 0.3) is 5.91 Å². The average molecular weight is 1150 g/mol. The molecule has 0 unspecified atom stereocenters. The van der Waals surface area contributed by atoms with Gasteiger partial charge < -0.3 is 39.6 Å².